The normalized spacial score (nSPS) is 10.6. The molecule has 0 aliphatic carbocycles. The summed E-state index contributed by atoms with van der Waals surface area (Å²) < 4.78 is 14.0. The molecule has 0 aliphatic heterocycles. The summed E-state index contributed by atoms with van der Waals surface area (Å²) in [6.07, 6.45) is 0.794. The number of aryl methyl sites for hydroxylation is 1. The summed E-state index contributed by atoms with van der Waals surface area (Å²) in [5.74, 6) is -0.220. The van der Waals surface area contributed by atoms with Gasteiger partial charge in [0.05, 0.1) is 4.88 Å². The van der Waals surface area contributed by atoms with Gasteiger partial charge in [0.1, 0.15) is 5.82 Å². The highest BCUT2D eigenvalue weighted by molar-refractivity contribution is 7.20. The van der Waals surface area contributed by atoms with Crippen molar-refractivity contribution in [1.82, 2.24) is 0 Å². The van der Waals surface area contributed by atoms with Gasteiger partial charge in [0.2, 0.25) is 0 Å². The van der Waals surface area contributed by atoms with Gasteiger partial charge >= 0.3 is 0 Å². The average Bonchev–Trinajstić information content (AvgIpc) is 2.55. The molecule has 0 saturated carbocycles. The number of carbonyl (C=O) groups is 1. The van der Waals surface area contributed by atoms with Crippen LogP contribution in [0.5, 0.6) is 0 Å². The smallest absolute Gasteiger partial charge is 0.160 e. The Balaban J connectivity index is 2.83. The van der Waals surface area contributed by atoms with Crippen molar-refractivity contribution in [2.24, 2.45) is 0 Å². The topological polar surface area (TPSA) is 17.1 Å². The summed E-state index contributed by atoms with van der Waals surface area (Å²) in [5.41, 5.74) is 0.613. The molecule has 1 aromatic carbocycles. The highest BCUT2D eigenvalue weighted by Gasteiger charge is 2.06. The molecule has 2 rings (SSSR count). The fourth-order valence-electron chi connectivity index (χ4n) is 1.30. The summed E-state index contributed by atoms with van der Waals surface area (Å²) in [6.45, 7) is 1.72. The Morgan fingerprint density at radius 2 is 2.23 bits per heavy atom. The zero-order valence-corrected chi connectivity index (χ0v) is 7.82. The molecule has 3 heteroatoms. The van der Waals surface area contributed by atoms with Gasteiger partial charge in [-0.3, -0.25) is 4.79 Å². The first-order valence-electron chi connectivity index (χ1n) is 3.86. The van der Waals surface area contributed by atoms with Gasteiger partial charge in [0.15, 0.2) is 6.29 Å². The Bertz CT molecular complexity index is 473. The number of rotatable bonds is 1. The number of hydrogen-bond acceptors (Lipinski definition) is 2. The summed E-state index contributed by atoms with van der Waals surface area (Å²) in [5, 5.41) is 0.840. The summed E-state index contributed by atoms with van der Waals surface area (Å²) in [4.78, 5) is 11.1. The molecule has 0 N–H and O–H groups in total. The number of aldehydes is 1. The number of carbonyl (C=O) groups excluding carboxylic acids is 1. The van der Waals surface area contributed by atoms with Crippen molar-refractivity contribution in [3.05, 3.63) is 34.5 Å². The molecule has 0 spiro atoms. The summed E-state index contributed by atoms with van der Waals surface area (Å²) >= 11 is 1.39. The van der Waals surface area contributed by atoms with Gasteiger partial charge in [-0.15, -0.1) is 11.3 Å². The highest BCUT2D eigenvalue weighted by atomic mass is 32.1. The third kappa shape index (κ3) is 1.25. The van der Waals surface area contributed by atoms with Crippen molar-refractivity contribution in [1.29, 1.82) is 0 Å². The van der Waals surface area contributed by atoms with Gasteiger partial charge in [-0.2, -0.15) is 0 Å². The minimum absolute atomic E-state index is 0.220. The van der Waals surface area contributed by atoms with Gasteiger partial charge in [-0.1, -0.05) is 0 Å². The third-order valence-electron chi connectivity index (χ3n) is 2.04. The summed E-state index contributed by atoms with van der Waals surface area (Å²) in [6, 6.07) is 4.86. The molecule has 0 aliphatic rings. The van der Waals surface area contributed by atoms with E-state index in [2.05, 4.69) is 0 Å². The van der Waals surface area contributed by atoms with Crippen LogP contribution in [0.4, 0.5) is 4.39 Å². The van der Waals surface area contributed by atoms with Crippen molar-refractivity contribution in [2.45, 2.75) is 6.92 Å². The predicted molar refractivity (Wildman–Crippen MR) is 51.9 cm³/mol. The minimum Gasteiger partial charge on any atom is -0.297 e. The largest absolute Gasteiger partial charge is 0.297 e. The average molecular weight is 194 g/mol. The van der Waals surface area contributed by atoms with Crippen LogP contribution in [0, 0.1) is 12.7 Å². The molecule has 0 atom stereocenters. The van der Waals surface area contributed by atoms with Gasteiger partial charge in [-0.25, -0.2) is 4.39 Å². The van der Waals surface area contributed by atoms with E-state index in [4.69, 9.17) is 0 Å². The molecule has 0 unspecified atom stereocenters. The molecule has 0 radical (unpaired) electrons. The van der Waals surface area contributed by atoms with E-state index >= 15 is 0 Å². The van der Waals surface area contributed by atoms with Crippen molar-refractivity contribution in [2.75, 3.05) is 0 Å². The maximum atomic E-state index is 13.1. The Kier molecular flexibility index (Phi) is 1.88. The molecular weight excluding hydrogens is 187 g/mol. The first-order valence-corrected chi connectivity index (χ1v) is 4.68. The molecule has 0 bridgehead atoms. The zero-order chi connectivity index (χ0) is 9.42. The van der Waals surface area contributed by atoms with Crippen LogP contribution < -0.4 is 0 Å². The van der Waals surface area contributed by atoms with Crippen molar-refractivity contribution < 1.29 is 9.18 Å². The first-order chi connectivity index (χ1) is 6.22. The molecule has 0 saturated heterocycles. The minimum atomic E-state index is -0.220. The summed E-state index contributed by atoms with van der Waals surface area (Å²) in [7, 11) is 0. The fourth-order valence-corrected chi connectivity index (χ4v) is 2.24. The van der Waals surface area contributed by atoms with Gasteiger partial charge < -0.3 is 0 Å². The van der Waals surface area contributed by atoms with Crippen molar-refractivity contribution >= 4 is 27.7 Å². The number of hydrogen-bond donors (Lipinski definition) is 0. The molecule has 1 nitrogen and oxygen atoms in total. The number of halogens is 1. The SMILES string of the molecule is Cc1c(F)ccc2sc(C=O)cc12. The van der Waals surface area contributed by atoms with Crippen molar-refractivity contribution in [3.8, 4) is 0 Å². The van der Waals surface area contributed by atoms with Crippen LogP contribution in [-0.4, -0.2) is 6.29 Å². The lowest BCUT2D eigenvalue weighted by Crippen LogP contribution is -1.80. The molecule has 2 aromatic rings. The first kappa shape index (κ1) is 8.38. The molecule has 13 heavy (non-hydrogen) atoms. The maximum absolute atomic E-state index is 13.1. The van der Waals surface area contributed by atoms with Gasteiger partial charge in [0.25, 0.3) is 0 Å². The van der Waals surface area contributed by atoms with Crippen LogP contribution in [0.3, 0.4) is 0 Å². The molecule has 1 aromatic heterocycles. The Hall–Kier alpha value is -1.22. The van der Waals surface area contributed by atoms with E-state index in [0.29, 0.717) is 10.4 Å². The van der Waals surface area contributed by atoms with E-state index in [1.165, 1.54) is 17.4 Å². The second-order valence-electron chi connectivity index (χ2n) is 2.85. The molecule has 1 heterocycles. The number of thiophene rings is 1. The quantitative estimate of drug-likeness (QED) is 0.637. The zero-order valence-electron chi connectivity index (χ0n) is 7.00. The van der Waals surface area contributed by atoms with Crippen LogP contribution in [0.15, 0.2) is 18.2 Å². The van der Waals surface area contributed by atoms with E-state index in [-0.39, 0.29) is 5.82 Å². The lowest BCUT2D eigenvalue weighted by atomic mass is 10.1. The molecule has 0 fully saturated rings. The second-order valence-corrected chi connectivity index (χ2v) is 3.97. The molecular formula is C10H7FOS. The third-order valence-corrected chi connectivity index (χ3v) is 3.06. The molecule has 66 valence electrons. The van der Waals surface area contributed by atoms with Crippen LogP contribution in [-0.2, 0) is 0 Å². The number of benzene rings is 1. The standard InChI is InChI=1S/C10H7FOS/c1-6-8-4-7(5-12)13-10(8)3-2-9(6)11/h2-5H,1H3. The Labute approximate surface area is 78.8 Å². The lowest BCUT2D eigenvalue weighted by molar-refractivity contribution is 0.112. The Morgan fingerprint density at radius 1 is 1.46 bits per heavy atom. The second kappa shape index (κ2) is 2.92. The van der Waals surface area contributed by atoms with Gasteiger partial charge in [-0.05, 0) is 36.1 Å². The van der Waals surface area contributed by atoms with E-state index in [9.17, 15) is 9.18 Å². The molecule has 0 amide bonds. The van der Waals surface area contributed by atoms with Crippen LogP contribution in [0.1, 0.15) is 15.2 Å². The van der Waals surface area contributed by atoms with Crippen LogP contribution in [0.2, 0.25) is 0 Å². The monoisotopic (exact) mass is 194 g/mol. The van der Waals surface area contributed by atoms with Crippen molar-refractivity contribution in [3.63, 3.8) is 0 Å². The number of fused-ring (bicyclic) bond motifs is 1. The highest BCUT2D eigenvalue weighted by Crippen LogP contribution is 2.28. The predicted octanol–water partition coefficient (Wildman–Crippen LogP) is 3.16. The van der Waals surface area contributed by atoms with Crippen LogP contribution >= 0.6 is 11.3 Å². The van der Waals surface area contributed by atoms with Crippen LogP contribution in [0.25, 0.3) is 10.1 Å². The Morgan fingerprint density at radius 3 is 2.92 bits per heavy atom. The fraction of sp³-hybridized carbons (Fsp3) is 0.100. The van der Waals surface area contributed by atoms with E-state index in [0.717, 1.165) is 16.4 Å². The van der Waals surface area contributed by atoms with Gasteiger partial charge in [0, 0.05) is 4.70 Å². The van der Waals surface area contributed by atoms with E-state index in [1.54, 1.807) is 19.1 Å². The van der Waals surface area contributed by atoms with E-state index in [1.807, 2.05) is 0 Å². The van der Waals surface area contributed by atoms with E-state index < -0.39 is 0 Å². The maximum Gasteiger partial charge on any atom is 0.160 e. The lowest BCUT2D eigenvalue weighted by Gasteiger charge is -1.95.